The molecule has 2 aromatic carbocycles. The van der Waals surface area contributed by atoms with E-state index in [2.05, 4.69) is 4.99 Å². The van der Waals surface area contributed by atoms with Gasteiger partial charge >= 0.3 is 5.97 Å². The standard InChI is InChI=1S/C19H16N2O7/c1-25-15-9-11(10-16(26-2)17(15)27-3)8-14-19(22)28-18(20-14)12-4-6-13(7-5-12)21(23)24/h4-10H,1-3H3/b14-8-. The molecule has 9 heteroatoms. The lowest BCUT2D eigenvalue weighted by Gasteiger charge is -2.12. The predicted molar refractivity (Wildman–Crippen MR) is 99.8 cm³/mol. The minimum atomic E-state index is -0.637. The summed E-state index contributed by atoms with van der Waals surface area (Å²) in [5, 5.41) is 10.7. The molecule has 9 nitrogen and oxygen atoms in total. The Morgan fingerprint density at radius 1 is 1.04 bits per heavy atom. The monoisotopic (exact) mass is 384 g/mol. The lowest BCUT2D eigenvalue weighted by Crippen LogP contribution is -2.05. The fourth-order valence-corrected chi connectivity index (χ4v) is 2.60. The summed E-state index contributed by atoms with van der Waals surface area (Å²) in [5.41, 5.74) is 1.05. The van der Waals surface area contributed by atoms with Crippen molar-refractivity contribution in [2.24, 2.45) is 4.99 Å². The van der Waals surface area contributed by atoms with E-state index in [-0.39, 0.29) is 17.3 Å². The van der Waals surface area contributed by atoms with E-state index in [9.17, 15) is 14.9 Å². The third-order valence-electron chi connectivity index (χ3n) is 3.94. The van der Waals surface area contributed by atoms with Gasteiger partial charge in [-0.05, 0) is 35.9 Å². The summed E-state index contributed by atoms with van der Waals surface area (Å²) in [7, 11) is 4.47. The van der Waals surface area contributed by atoms with Gasteiger partial charge in [0.05, 0.1) is 26.3 Å². The van der Waals surface area contributed by atoms with Crippen molar-refractivity contribution in [1.29, 1.82) is 0 Å². The van der Waals surface area contributed by atoms with Crippen LogP contribution in [-0.4, -0.2) is 38.1 Å². The second-order valence-corrected chi connectivity index (χ2v) is 5.60. The van der Waals surface area contributed by atoms with Gasteiger partial charge in [0.25, 0.3) is 5.69 Å². The number of nitro benzene ring substituents is 1. The van der Waals surface area contributed by atoms with Crippen LogP contribution in [0.3, 0.4) is 0 Å². The highest BCUT2D eigenvalue weighted by Crippen LogP contribution is 2.39. The third-order valence-corrected chi connectivity index (χ3v) is 3.94. The number of hydrogen-bond donors (Lipinski definition) is 0. The first-order chi connectivity index (χ1) is 13.5. The fourth-order valence-electron chi connectivity index (χ4n) is 2.60. The zero-order valence-electron chi connectivity index (χ0n) is 15.3. The Kier molecular flexibility index (Phi) is 5.25. The smallest absolute Gasteiger partial charge is 0.363 e. The first kappa shape index (κ1) is 18.9. The number of ether oxygens (including phenoxy) is 4. The van der Waals surface area contributed by atoms with E-state index in [1.165, 1.54) is 51.7 Å². The van der Waals surface area contributed by atoms with Gasteiger partial charge in [0.1, 0.15) is 0 Å². The van der Waals surface area contributed by atoms with Gasteiger partial charge in [-0.3, -0.25) is 10.1 Å². The average molecular weight is 384 g/mol. The van der Waals surface area contributed by atoms with E-state index in [1.807, 2.05) is 0 Å². The summed E-state index contributed by atoms with van der Waals surface area (Å²) in [5.74, 6) is 0.719. The Balaban J connectivity index is 1.96. The lowest BCUT2D eigenvalue weighted by molar-refractivity contribution is -0.384. The molecule has 0 radical (unpaired) electrons. The number of non-ortho nitro benzene ring substituents is 1. The Hall–Kier alpha value is -3.88. The summed E-state index contributed by atoms with van der Waals surface area (Å²) in [6.07, 6.45) is 1.52. The largest absolute Gasteiger partial charge is 0.493 e. The van der Waals surface area contributed by atoms with Crippen LogP contribution >= 0.6 is 0 Å². The summed E-state index contributed by atoms with van der Waals surface area (Å²) < 4.78 is 21.0. The van der Waals surface area contributed by atoms with E-state index in [4.69, 9.17) is 18.9 Å². The number of rotatable bonds is 6. The first-order valence-electron chi connectivity index (χ1n) is 8.04. The molecule has 144 valence electrons. The van der Waals surface area contributed by atoms with Crippen LogP contribution in [-0.2, 0) is 9.53 Å². The minimum Gasteiger partial charge on any atom is -0.493 e. The number of nitro groups is 1. The van der Waals surface area contributed by atoms with Gasteiger partial charge < -0.3 is 18.9 Å². The molecule has 1 aliphatic heterocycles. The van der Waals surface area contributed by atoms with Crippen molar-refractivity contribution in [2.75, 3.05) is 21.3 Å². The van der Waals surface area contributed by atoms with Gasteiger partial charge in [-0.1, -0.05) is 0 Å². The van der Waals surface area contributed by atoms with Crippen LogP contribution in [0.4, 0.5) is 5.69 Å². The van der Waals surface area contributed by atoms with Gasteiger partial charge in [-0.25, -0.2) is 9.79 Å². The topological polar surface area (TPSA) is 109 Å². The highest BCUT2D eigenvalue weighted by atomic mass is 16.6. The van der Waals surface area contributed by atoms with Crippen LogP contribution in [0.5, 0.6) is 17.2 Å². The van der Waals surface area contributed by atoms with E-state index in [0.29, 0.717) is 28.4 Å². The molecule has 0 fully saturated rings. The molecule has 1 heterocycles. The zero-order valence-corrected chi connectivity index (χ0v) is 15.3. The highest BCUT2D eigenvalue weighted by molar-refractivity contribution is 6.12. The number of hydrogen-bond acceptors (Lipinski definition) is 8. The molecule has 1 aliphatic rings. The molecule has 28 heavy (non-hydrogen) atoms. The maximum absolute atomic E-state index is 12.2. The van der Waals surface area contributed by atoms with Crippen LogP contribution in [0, 0.1) is 10.1 Å². The number of nitrogens with zero attached hydrogens (tertiary/aromatic N) is 2. The van der Waals surface area contributed by atoms with Crippen LogP contribution in [0.1, 0.15) is 11.1 Å². The quantitative estimate of drug-likeness (QED) is 0.326. The van der Waals surface area contributed by atoms with Crippen molar-refractivity contribution in [1.82, 2.24) is 0 Å². The summed E-state index contributed by atoms with van der Waals surface area (Å²) in [4.78, 5) is 26.6. The number of cyclic esters (lactones) is 1. The van der Waals surface area contributed by atoms with Gasteiger partial charge in [-0.2, -0.15) is 0 Å². The summed E-state index contributed by atoms with van der Waals surface area (Å²) in [6.45, 7) is 0. The van der Waals surface area contributed by atoms with Gasteiger partial charge in [0.2, 0.25) is 11.6 Å². The first-order valence-corrected chi connectivity index (χ1v) is 8.04. The SMILES string of the molecule is COc1cc(/C=C2\N=C(c3ccc([N+](=O)[O-])cc3)OC2=O)cc(OC)c1OC. The number of carbonyl (C=O) groups is 1. The maximum Gasteiger partial charge on any atom is 0.363 e. The number of benzene rings is 2. The molecule has 0 aliphatic carbocycles. The van der Waals surface area contributed by atoms with Crippen molar-refractivity contribution >= 4 is 23.6 Å². The van der Waals surface area contributed by atoms with E-state index in [1.54, 1.807) is 12.1 Å². The Morgan fingerprint density at radius 3 is 2.14 bits per heavy atom. The molecule has 0 spiro atoms. The van der Waals surface area contributed by atoms with Crippen molar-refractivity contribution in [3.63, 3.8) is 0 Å². The summed E-state index contributed by atoms with van der Waals surface area (Å²) in [6, 6.07) is 8.89. The van der Waals surface area contributed by atoms with Crippen LogP contribution < -0.4 is 14.2 Å². The lowest BCUT2D eigenvalue weighted by atomic mass is 10.1. The van der Waals surface area contributed by atoms with Crippen molar-refractivity contribution in [3.05, 3.63) is 63.3 Å². The van der Waals surface area contributed by atoms with Crippen molar-refractivity contribution < 1.29 is 28.7 Å². The second-order valence-electron chi connectivity index (χ2n) is 5.60. The predicted octanol–water partition coefficient (Wildman–Crippen LogP) is 2.97. The fraction of sp³-hybridized carbons (Fsp3) is 0.158. The van der Waals surface area contributed by atoms with Crippen LogP contribution in [0.2, 0.25) is 0 Å². The van der Waals surface area contributed by atoms with Crippen molar-refractivity contribution in [2.45, 2.75) is 0 Å². The normalized spacial score (nSPS) is 14.5. The number of methoxy groups -OCH3 is 3. The van der Waals surface area contributed by atoms with E-state index >= 15 is 0 Å². The minimum absolute atomic E-state index is 0.0677. The highest BCUT2D eigenvalue weighted by Gasteiger charge is 2.25. The molecule has 0 amide bonds. The third kappa shape index (κ3) is 3.63. The van der Waals surface area contributed by atoms with Gasteiger partial charge in [0, 0.05) is 17.7 Å². The molecule has 0 atom stereocenters. The van der Waals surface area contributed by atoms with Gasteiger partial charge in [0.15, 0.2) is 17.2 Å². The second kappa shape index (κ2) is 7.78. The zero-order chi connectivity index (χ0) is 20.3. The van der Waals surface area contributed by atoms with Crippen molar-refractivity contribution in [3.8, 4) is 17.2 Å². The molecule has 0 saturated heterocycles. The van der Waals surface area contributed by atoms with Crippen LogP contribution in [0.15, 0.2) is 47.1 Å². The molecule has 0 unspecified atom stereocenters. The maximum atomic E-state index is 12.2. The summed E-state index contributed by atoms with van der Waals surface area (Å²) >= 11 is 0. The number of carbonyl (C=O) groups excluding carboxylic acids is 1. The van der Waals surface area contributed by atoms with E-state index in [0.717, 1.165) is 0 Å². The molecule has 0 aromatic heterocycles. The Labute approximate surface area is 160 Å². The average Bonchev–Trinajstić information content (AvgIpc) is 3.07. The Bertz CT molecular complexity index is 969. The van der Waals surface area contributed by atoms with Crippen LogP contribution in [0.25, 0.3) is 6.08 Å². The molecular weight excluding hydrogens is 368 g/mol. The molecule has 3 rings (SSSR count). The molecule has 2 aromatic rings. The molecule has 0 N–H and O–H groups in total. The Morgan fingerprint density at radius 2 is 1.64 bits per heavy atom. The number of esters is 1. The molecule has 0 saturated carbocycles. The molecule has 0 bridgehead atoms. The van der Waals surface area contributed by atoms with E-state index < -0.39 is 10.9 Å². The number of aliphatic imine (C=N–C) groups is 1. The molecular formula is C19H16N2O7. The van der Waals surface area contributed by atoms with Gasteiger partial charge in [-0.15, -0.1) is 0 Å².